The summed E-state index contributed by atoms with van der Waals surface area (Å²) < 4.78 is 31.7. The fourth-order valence-corrected chi connectivity index (χ4v) is 2.48. The van der Waals surface area contributed by atoms with Crippen molar-refractivity contribution in [3.8, 4) is 5.88 Å². The van der Waals surface area contributed by atoms with Gasteiger partial charge in [0.05, 0.1) is 25.7 Å². The van der Waals surface area contributed by atoms with E-state index in [9.17, 15) is 13.2 Å². The second-order valence-electron chi connectivity index (χ2n) is 4.62. The summed E-state index contributed by atoms with van der Waals surface area (Å²) in [6.07, 6.45) is 2.82. The summed E-state index contributed by atoms with van der Waals surface area (Å²) in [5.74, 6) is 0.211. The number of rotatable bonds is 5. The third-order valence-electron chi connectivity index (χ3n) is 2.96. The van der Waals surface area contributed by atoms with Gasteiger partial charge >= 0.3 is 0 Å². The highest BCUT2D eigenvalue weighted by Gasteiger charge is 2.31. The van der Waals surface area contributed by atoms with Crippen LogP contribution in [-0.2, 0) is 19.1 Å². The molecule has 1 atom stereocenters. The molecular formula is C12H16N2O5S. The van der Waals surface area contributed by atoms with E-state index in [0.717, 1.165) is 6.26 Å². The molecule has 1 aromatic heterocycles. The molecule has 0 N–H and O–H groups in total. The molecule has 0 aromatic carbocycles. The zero-order valence-electron chi connectivity index (χ0n) is 11.3. The summed E-state index contributed by atoms with van der Waals surface area (Å²) in [6, 6.07) is 3.37. The van der Waals surface area contributed by atoms with Crippen LogP contribution < -0.4 is 9.64 Å². The Morgan fingerprint density at radius 3 is 2.90 bits per heavy atom. The molecule has 110 valence electrons. The molecule has 1 unspecified atom stereocenters. The van der Waals surface area contributed by atoms with Gasteiger partial charge in [-0.2, -0.15) is 8.42 Å². The molecule has 0 bridgehead atoms. The predicted octanol–water partition coefficient (Wildman–Crippen LogP) is 0.419. The van der Waals surface area contributed by atoms with Gasteiger partial charge in [-0.25, -0.2) is 4.98 Å². The van der Waals surface area contributed by atoms with E-state index in [1.54, 1.807) is 23.2 Å². The number of aromatic nitrogens is 1. The quantitative estimate of drug-likeness (QED) is 0.733. The molecule has 7 nitrogen and oxygen atoms in total. The Morgan fingerprint density at radius 1 is 1.50 bits per heavy atom. The van der Waals surface area contributed by atoms with E-state index in [-0.39, 0.29) is 24.9 Å². The van der Waals surface area contributed by atoms with Crippen molar-refractivity contribution in [2.45, 2.75) is 6.42 Å². The van der Waals surface area contributed by atoms with Crippen molar-refractivity contribution < 1.29 is 22.1 Å². The molecule has 1 amide bonds. The third kappa shape index (κ3) is 3.67. The first kappa shape index (κ1) is 14.7. The standard InChI is InChI=1S/C12H16N2O5S/c1-18-11-6-10(3-4-13-11)14-7-9(5-12(14)15)8-19-20(2,16)17/h3-4,6,9H,5,7-8H2,1-2H3. The van der Waals surface area contributed by atoms with E-state index in [1.165, 1.54) is 7.11 Å². The monoisotopic (exact) mass is 300 g/mol. The first-order chi connectivity index (χ1) is 9.39. The molecule has 1 fully saturated rings. The maximum absolute atomic E-state index is 12.0. The lowest BCUT2D eigenvalue weighted by Gasteiger charge is -2.17. The topological polar surface area (TPSA) is 85.8 Å². The van der Waals surface area contributed by atoms with Gasteiger partial charge in [-0.3, -0.25) is 8.98 Å². The number of carbonyl (C=O) groups excluding carboxylic acids is 1. The number of anilines is 1. The van der Waals surface area contributed by atoms with Crippen LogP contribution in [-0.4, -0.2) is 45.8 Å². The summed E-state index contributed by atoms with van der Waals surface area (Å²) in [4.78, 5) is 17.5. The minimum atomic E-state index is -3.48. The minimum absolute atomic E-state index is 0.0172. The van der Waals surface area contributed by atoms with E-state index in [1.807, 2.05) is 0 Å². The Morgan fingerprint density at radius 2 is 2.25 bits per heavy atom. The number of pyridine rings is 1. The van der Waals surface area contributed by atoms with Crippen LogP contribution >= 0.6 is 0 Å². The SMILES string of the molecule is COc1cc(N2CC(COS(C)(=O)=O)CC2=O)ccn1. The van der Waals surface area contributed by atoms with Crippen molar-refractivity contribution >= 4 is 21.7 Å². The van der Waals surface area contributed by atoms with Gasteiger partial charge in [0.2, 0.25) is 11.8 Å². The van der Waals surface area contributed by atoms with Crippen LogP contribution in [0, 0.1) is 5.92 Å². The molecule has 20 heavy (non-hydrogen) atoms. The van der Waals surface area contributed by atoms with Crippen molar-refractivity contribution in [3.05, 3.63) is 18.3 Å². The Balaban J connectivity index is 2.05. The molecule has 0 aliphatic carbocycles. The molecule has 0 spiro atoms. The number of nitrogens with zero attached hydrogens (tertiary/aromatic N) is 2. The average Bonchev–Trinajstić information content (AvgIpc) is 2.77. The molecular weight excluding hydrogens is 284 g/mol. The lowest BCUT2D eigenvalue weighted by atomic mass is 10.1. The second-order valence-corrected chi connectivity index (χ2v) is 6.26. The van der Waals surface area contributed by atoms with Crippen molar-refractivity contribution in [1.82, 2.24) is 4.98 Å². The van der Waals surface area contributed by atoms with Crippen LogP contribution in [0.3, 0.4) is 0 Å². The van der Waals surface area contributed by atoms with Crippen LogP contribution in [0.2, 0.25) is 0 Å². The van der Waals surface area contributed by atoms with Gasteiger partial charge in [0, 0.05) is 31.1 Å². The Hall–Kier alpha value is -1.67. The molecule has 0 saturated carbocycles. The molecule has 1 aliphatic heterocycles. The first-order valence-corrected chi connectivity index (χ1v) is 7.85. The Bertz CT molecular complexity index is 602. The van der Waals surface area contributed by atoms with Gasteiger partial charge in [-0.15, -0.1) is 0 Å². The highest BCUT2D eigenvalue weighted by molar-refractivity contribution is 7.85. The lowest BCUT2D eigenvalue weighted by Crippen LogP contribution is -2.25. The summed E-state index contributed by atoms with van der Waals surface area (Å²) in [5, 5.41) is 0. The Kier molecular flexibility index (Phi) is 4.24. The zero-order valence-corrected chi connectivity index (χ0v) is 12.1. The fraction of sp³-hybridized carbons (Fsp3) is 0.500. The average molecular weight is 300 g/mol. The highest BCUT2D eigenvalue weighted by atomic mass is 32.2. The van der Waals surface area contributed by atoms with Gasteiger partial charge in [0.25, 0.3) is 10.1 Å². The predicted molar refractivity (Wildman–Crippen MR) is 72.0 cm³/mol. The van der Waals surface area contributed by atoms with Crippen molar-refractivity contribution in [1.29, 1.82) is 0 Å². The number of ether oxygens (including phenoxy) is 1. The lowest BCUT2D eigenvalue weighted by molar-refractivity contribution is -0.117. The van der Waals surface area contributed by atoms with Crippen molar-refractivity contribution in [2.24, 2.45) is 5.92 Å². The normalized spacial score (nSPS) is 19.4. The molecule has 2 heterocycles. The molecule has 0 radical (unpaired) electrons. The molecule has 1 saturated heterocycles. The molecule has 1 aliphatic rings. The van der Waals surface area contributed by atoms with Crippen LogP contribution in [0.1, 0.15) is 6.42 Å². The van der Waals surface area contributed by atoms with Crippen LogP contribution in [0.25, 0.3) is 0 Å². The molecule has 8 heteroatoms. The van der Waals surface area contributed by atoms with Gasteiger partial charge < -0.3 is 9.64 Å². The minimum Gasteiger partial charge on any atom is -0.481 e. The van der Waals surface area contributed by atoms with Gasteiger partial charge in [-0.1, -0.05) is 0 Å². The largest absolute Gasteiger partial charge is 0.481 e. The van der Waals surface area contributed by atoms with E-state index in [2.05, 4.69) is 4.98 Å². The zero-order chi connectivity index (χ0) is 14.8. The van der Waals surface area contributed by atoms with Crippen LogP contribution in [0.4, 0.5) is 5.69 Å². The highest BCUT2D eigenvalue weighted by Crippen LogP contribution is 2.27. The summed E-state index contributed by atoms with van der Waals surface area (Å²) >= 11 is 0. The number of amides is 1. The number of hydrogen-bond donors (Lipinski definition) is 0. The van der Waals surface area contributed by atoms with Crippen molar-refractivity contribution in [2.75, 3.05) is 31.4 Å². The third-order valence-corrected chi connectivity index (χ3v) is 3.53. The maximum atomic E-state index is 12.0. The molecule has 1 aromatic rings. The smallest absolute Gasteiger partial charge is 0.264 e. The maximum Gasteiger partial charge on any atom is 0.264 e. The van der Waals surface area contributed by atoms with Crippen molar-refractivity contribution in [3.63, 3.8) is 0 Å². The summed E-state index contributed by atoms with van der Waals surface area (Å²) in [6.45, 7) is 0.435. The van der Waals surface area contributed by atoms with E-state index in [0.29, 0.717) is 18.1 Å². The summed E-state index contributed by atoms with van der Waals surface area (Å²) in [7, 11) is -1.98. The van der Waals surface area contributed by atoms with Crippen LogP contribution in [0.5, 0.6) is 5.88 Å². The molecule has 2 rings (SSSR count). The van der Waals surface area contributed by atoms with Gasteiger partial charge in [0.1, 0.15) is 0 Å². The first-order valence-electron chi connectivity index (χ1n) is 6.04. The van der Waals surface area contributed by atoms with Gasteiger partial charge in [0.15, 0.2) is 0 Å². The van der Waals surface area contributed by atoms with E-state index < -0.39 is 10.1 Å². The number of methoxy groups -OCH3 is 1. The van der Waals surface area contributed by atoms with Crippen LogP contribution in [0.15, 0.2) is 18.3 Å². The summed E-state index contributed by atoms with van der Waals surface area (Å²) in [5.41, 5.74) is 0.684. The van der Waals surface area contributed by atoms with Gasteiger partial charge in [-0.05, 0) is 6.07 Å². The van der Waals surface area contributed by atoms with E-state index in [4.69, 9.17) is 8.92 Å². The van der Waals surface area contributed by atoms with E-state index >= 15 is 0 Å². The fourth-order valence-electron chi connectivity index (χ4n) is 2.04. The number of hydrogen-bond acceptors (Lipinski definition) is 6. The Labute approximate surface area is 117 Å². The second kappa shape index (κ2) is 5.76. The number of carbonyl (C=O) groups is 1.